The molecule has 0 saturated carbocycles. The van der Waals surface area contributed by atoms with Crippen LogP contribution in [-0.2, 0) is 11.3 Å². The Morgan fingerprint density at radius 1 is 1.29 bits per heavy atom. The van der Waals surface area contributed by atoms with Gasteiger partial charge in [-0.25, -0.2) is 9.97 Å². The lowest BCUT2D eigenvalue weighted by Crippen LogP contribution is -2.37. The van der Waals surface area contributed by atoms with Gasteiger partial charge in [0.15, 0.2) is 5.65 Å². The SMILES string of the molecule is CC(C)NC(=O)Cn1c(-c2cccc(Cl)c2)nc2ncc(OC[C@@H](C)CO)cc2c1=O. The molecule has 2 N–H and O–H groups in total. The normalized spacial score (nSPS) is 12.2. The number of hydrogen-bond acceptors (Lipinski definition) is 6. The number of aromatic nitrogens is 3. The number of fused-ring (bicyclic) bond motifs is 1. The number of carbonyl (C=O) groups excluding carboxylic acids is 1. The van der Waals surface area contributed by atoms with Gasteiger partial charge in [0.05, 0.1) is 18.2 Å². The zero-order valence-corrected chi connectivity index (χ0v) is 18.4. The molecule has 0 bridgehead atoms. The molecular weight excluding hydrogens is 420 g/mol. The predicted molar refractivity (Wildman–Crippen MR) is 119 cm³/mol. The van der Waals surface area contributed by atoms with Gasteiger partial charge in [0.2, 0.25) is 5.91 Å². The molecule has 2 aromatic heterocycles. The molecule has 1 aromatic carbocycles. The highest BCUT2D eigenvalue weighted by Gasteiger charge is 2.18. The summed E-state index contributed by atoms with van der Waals surface area (Å²) < 4.78 is 6.94. The van der Waals surface area contributed by atoms with Crippen molar-refractivity contribution in [2.45, 2.75) is 33.4 Å². The summed E-state index contributed by atoms with van der Waals surface area (Å²) in [5, 5.41) is 12.7. The van der Waals surface area contributed by atoms with Crippen LogP contribution < -0.4 is 15.6 Å². The van der Waals surface area contributed by atoms with Gasteiger partial charge in [-0.15, -0.1) is 0 Å². The Kier molecular flexibility index (Phi) is 7.25. The van der Waals surface area contributed by atoms with Crippen LogP contribution in [0.15, 0.2) is 41.3 Å². The minimum Gasteiger partial charge on any atom is -0.492 e. The Bertz CT molecular complexity index is 1150. The van der Waals surface area contributed by atoms with Crippen LogP contribution in [0, 0.1) is 5.92 Å². The van der Waals surface area contributed by atoms with Crippen molar-refractivity contribution in [3.8, 4) is 17.1 Å². The molecular formula is C22H25ClN4O4. The Morgan fingerprint density at radius 2 is 2.06 bits per heavy atom. The quantitative estimate of drug-likeness (QED) is 0.553. The van der Waals surface area contributed by atoms with E-state index in [-0.39, 0.29) is 48.7 Å². The maximum atomic E-state index is 13.3. The van der Waals surface area contributed by atoms with Crippen molar-refractivity contribution in [3.05, 3.63) is 51.9 Å². The third-order valence-corrected chi connectivity index (χ3v) is 4.70. The predicted octanol–water partition coefficient (Wildman–Crippen LogP) is 2.64. The van der Waals surface area contributed by atoms with Crippen LogP contribution in [-0.4, -0.2) is 44.8 Å². The molecule has 3 aromatic rings. The lowest BCUT2D eigenvalue weighted by molar-refractivity contribution is -0.122. The fraction of sp³-hybridized carbons (Fsp3) is 0.364. The molecule has 0 saturated heterocycles. The molecule has 0 unspecified atom stereocenters. The molecule has 0 aliphatic rings. The van der Waals surface area contributed by atoms with E-state index >= 15 is 0 Å². The van der Waals surface area contributed by atoms with E-state index in [2.05, 4.69) is 15.3 Å². The van der Waals surface area contributed by atoms with Crippen molar-refractivity contribution < 1.29 is 14.6 Å². The molecule has 2 heterocycles. The summed E-state index contributed by atoms with van der Waals surface area (Å²) in [5.74, 6) is 0.323. The highest BCUT2D eigenvalue weighted by atomic mass is 35.5. The second-order valence-electron chi connectivity index (χ2n) is 7.70. The van der Waals surface area contributed by atoms with Gasteiger partial charge in [-0.1, -0.05) is 30.7 Å². The summed E-state index contributed by atoms with van der Waals surface area (Å²) in [6.07, 6.45) is 1.48. The first-order chi connectivity index (χ1) is 14.8. The number of halogens is 1. The average Bonchev–Trinajstić information content (AvgIpc) is 2.73. The molecule has 164 valence electrons. The highest BCUT2D eigenvalue weighted by molar-refractivity contribution is 6.30. The van der Waals surface area contributed by atoms with Gasteiger partial charge in [0.25, 0.3) is 5.56 Å². The molecule has 31 heavy (non-hydrogen) atoms. The van der Waals surface area contributed by atoms with Gasteiger partial charge >= 0.3 is 0 Å². The minimum absolute atomic E-state index is 0.0106. The standard InChI is InChI=1S/C22H25ClN4O4/c1-13(2)25-19(29)10-27-21(15-5-4-6-16(23)7-15)26-20-18(22(27)30)8-17(9-24-20)31-12-14(3)11-28/h4-9,13-14,28H,10-12H2,1-3H3,(H,25,29)/t14-/m0/s1. The molecule has 0 aliphatic heterocycles. The number of hydrogen-bond donors (Lipinski definition) is 2. The Hall–Kier alpha value is -2.97. The second kappa shape index (κ2) is 9.89. The Labute approximate surface area is 184 Å². The third-order valence-electron chi connectivity index (χ3n) is 4.46. The molecule has 9 heteroatoms. The van der Waals surface area contributed by atoms with E-state index in [9.17, 15) is 9.59 Å². The van der Waals surface area contributed by atoms with E-state index in [4.69, 9.17) is 21.4 Å². The van der Waals surface area contributed by atoms with Crippen molar-refractivity contribution in [1.29, 1.82) is 0 Å². The van der Waals surface area contributed by atoms with E-state index < -0.39 is 5.56 Å². The monoisotopic (exact) mass is 444 g/mol. The highest BCUT2D eigenvalue weighted by Crippen LogP contribution is 2.23. The summed E-state index contributed by atoms with van der Waals surface area (Å²) in [6, 6.07) is 8.40. The van der Waals surface area contributed by atoms with Crippen LogP contribution in [0.2, 0.25) is 5.02 Å². The van der Waals surface area contributed by atoms with Crippen molar-refractivity contribution >= 4 is 28.5 Å². The molecule has 0 radical (unpaired) electrons. The largest absolute Gasteiger partial charge is 0.492 e. The topological polar surface area (TPSA) is 106 Å². The zero-order valence-electron chi connectivity index (χ0n) is 17.6. The third kappa shape index (κ3) is 5.59. The van der Waals surface area contributed by atoms with E-state index in [1.165, 1.54) is 10.8 Å². The van der Waals surface area contributed by atoms with E-state index in [1.807, 2.05) is 20.8 Å². The van der Waals surface area contributed by atoms with Crippen molar-refractivity contribution in [3.63, 3.8) is 0 Å². The van der Waals surface area contributed by atoms with Crippen LogP contribution >= 0.6 is 11.6 Å². The van der Waals surface area contributed by atoms with E-state index in [0.29, 0.717) is 22.2 Å². The maximum Gasteiger partial charge on any atom is 0.263 e. The number of pyridine rings is 1. The average molecular weight is 445 g/mol. The van der Waals surface area contributed by atoms with Crippen molar-refractivity contribution in [1.82, 2.24) is 19.9 Å². The van der Waals surface area contributed by atoms with Crippen LogP contribution in [0.4, 0.5) is 0 Å². The smallest absolute Gasteiger partial charge is 0.263 e. The number of nitrogens with zero attached hydrogens (tertiary/aromatic N) is 3. The Morgan fingerprint density at radius 3 is 2.74 bits per heavy atom. The van der Waals surface area contributed by atoms with Gasteiger partial charge in [-0.05, 0) is 32.0 Å². The van der Waals surface area contributed by atoms with Gasteiger partial charge in [0, 0.05) is 29.2 Å². The van der Waals surface area contributed by atoms with Gasteiger partial charge in [-0.3, -0.25) is 14.2 Å². The maximum absolute atomic E-state index is 13.3. The summed E-state index contributed by atoms with van der Waals surface area (Å²) in [4.78, 5) is 34.6. The number of benzene rings is 1. The Balaban J connectivity index is 2.11. The van der Waals surface area contributed by atoms with Crippen molar-refractivity contribution in [2.24, 2.45) is 5.92 Å². The molecule has 3 rings (SSSR count). The lowest BCUT2D eigenvalue weighted by Gasteiger charge is -2.15. The fourth-order valence-corrected chi connectivity index (χ4v) is 3.15. The number of rotatable bonds is 8. The first kappa shape index (κ1) is 22.7. The molecule has 0 spiro atoms. The molecule has 1 atom stereocenters. The summed E-state index contributed by atoms with van der Waals surface area (Å²) in [6.45, 7) is 5.60. The van der Waals surface area contributed by atoms with Crippen molar-refractivity contribution in [2.75, 3.05) is 13.2 Å². The minimum atomic E-state index is -0.410. The van der Waals surface area contributed by atoms with E-state index in [1.54, 1.807) is 30.3 Å². The lowest BCUT2D eigenvalue weighted by atomic mass is 10.2. The first-order valence-electron chi connectivity index (χ1n) is 9.98. The number of aliphatic hydroxyl groups is 1. The van der Waals surface area contributed by atoms with Crippen LogP contribution in [0.3, 0.4) is 0 Å². The fourth-order valence-electron chi connectivity index (χ4n) is 2.96. The van der Waals surface area contributed by atoms with Gasteiger partial charge in [0.1, 0.15) is 18.1 Å². The number of carbonyl (C=O) groups is 1. The molecule has 0 aliphatic carbocycles. The van der Waals surface area contributed by atoms with Gasteiger partial charge in [-0.2, -0.15) is 0 Å². The zero-order chi connectivity index (χ0) is 22.5. The number of ether oxygens (including phenoxy) is 1. The van der Waals surface area contributed by atoms with Crippen LogP contribution in [0.5, 0.6) is 5.75 Å². The second-order valence-corrected chi connectivity index (χ2v) is 8.14. The number of nitrogens with one attached hydrogen (secondary N) is 1. The summed E-state index contributed by atoms with van der Waals surface area (Å²) in [7, 11) is 0. The van der Waals surface area contributed by atoms with Crippen LogP contribution in [0.1, 0.15) is 20.8 Å². The summed E-state index contributed by atoms with van der Waals surface area (Å²) in [5.41, 5.74) is 0.429. The number of aliphatic hydroxyl groups excluding tert-OH is 1. The molecule has 0 fully saturated rings. The summed E-state index contributed by atoms with van der Waals surface area (Å²) >= 11 is 6.13. The van der Waals surface area contributed by atoms with Crippen LogP contribution in [0.25, 0.3) is 22.4 Å². The first-order valence-corrected chi connectivity index (χ1v) is 10.4. The van der Waals surface area contributed by atoms with Gasteiger partial charge < -0.3 is 15.2 Å². The van der Waals surface area contributed by atoms with E-state index in [0.717, 1.165) is 0 Å². The number of amides is 1. The molecule has 8 nitrogen and oxygen atoms in total. The molecule has 1 amide bonds.